The summed E-state index contributed by atoms with van der Waals surface area (Å²) < 4.78 is 7.50. The minimum atomic E-state index is -0.167. The van der Waals surface area contributed by atoms with Gasteiger partial charge < -0.3 is 24.8 Å². The summed E-state index contributed by atoms with van der Waals surface area (Å²) in [5.74, 6) is 0.758. The highest BCUT2D eigenvalue weighted by Gasteiger charge is 2.41. The smallest absolute Gasteiger partial charge is 0.226 e. The standard InChI is InChI=1S/C30H31N5O2S/c1-3-21-9-4-5-10-24(21)32-27(36)17-20-35-29(28(33-30(35)38)25-11-6-7-18-31-25)26-12-8-19-34(26)22-13-15-23(37-2)16-14-22/h4-16,18-19,28-29H,3,17,20H2,1-2H3,(H,32,36)(H,33,38)/t28-,29-/m0/s1. The van der Waals surface area contributed by atoms with Gasteiger partial charge in [-0.1, -0.05) is 31.2 Å². The number of nitrogens with zero attached hydrogens (tertiary/aromatic N) is 3. The summed E-state index contributed by atoms with van der Waals surface area (Å²) >= 11 is 5.81. The van der Waals surface area contributed by atoms with Gasteiger partial charge in [-0.25, -0.2) is 0 Å². The molecule has 0 aliphatic carbocycles. The molecule has 1 fully saturated rings. The fourth-order valence-electron chi connectivity index (χ4n) is 4.97. The molecule has 2 aromatic heterocycles. The quantitative estimate of drug-likeness (QED) is 0.284. The van der Waals surface area contributed by atoms with E-state index in [1.54, 1.807) is 13.3 Å². The lowest BCUT2D eigenvalue weighted by Gasteiger charge is -2.29. The predicted molar refractivity (Wildman–Crippen MR) is 154 cm³/mol. The van der Waals surface area contributed by atoms with Crippen LogP contribution in [0.4, 0.5) is 5.69 Å². The number of aromatic nitrogens is 2. The lowest BCUT2D eigenvalue weighted by molar-refractivity contribution is -0.116. The van der Waals surface area contributed by atoms with E-state index < -0.39 is 0 Å². The second-order valence-corrected chi connectivity index (χ2v) is 9.52. The van der Waals surface area contributed by atoms with Gasteiger partial charge in [0.1, 0.15) is 5.75 Å². The van der Waals surface area contributed by atoms with Gasteiger partial charge in [-0.05, 0) is 78.8 Å². The first-order valence-corrected chi connectivity index (χ1v) is 13.2. The van der Waals surface area contributed by atoms with E-state index in [9.17, 15) is 4.79 Å². The van der Waals surface area contributed by atoms with Crippen LogP contribution < -0.4 is 15.4 Å². The number of para-hydroxylation sites is 1. The number of methoxy groups -OCH3 is 1. The zero-order chi connectivity index (χ0) is 26.5. The molecule has 1 aliphatic rings. The number of amides is 1. The number of hydrogen-bond acceptors (Lipinski definition) is 4. The van der Waals surface area contributed by atoms with Gasteiger partial charge in [0.05, 0.1) is 24.9 Å². The van der Waals surface area contributed by atoms with Crippen molar-refractivity contribution in [2.24, 2.45) is 0 Å². The number of rotatable bonds is 9. The Balaban J connectivity index is 1.43. The largest absolute Gasteiger partial charge is 0.497 e. The maximum Gasteiger partial charge on any atom is 0.226 e. The van der Waals surface area contributed by atoms with E-state index in [0.717, 1.165) is 40.5 Å². The third-order valence-corrected chi connectivity index (χ3v) is 7.24. The fourth-order valence-corrected chi connectivity index (χ4v) is 5.30. The van der Waals surface area contributed by atoms with Crippen LogP contribution in [0.5, 0.6) is 5.75 Å². The topological polar surface area (TPSA) is 71.4 Å². The number of ether oxygens (including phenoxy) is 1. The highest BCUT2D eigenvalue weighted by atomic mass is 32.1. The first-order chi connectivity index (χ1) is 18.6. The lowest BCUT2D eigenvalue weighted by atomic mass is 10.0. The minimum Gasteiger partial charge on any atom is -0.497 e. The zero-order valence-corrected chi connectivity index (χ0v) is 22.3. The molecule has 1 aliphatic heterocycles. The molecule has 3 heterocycles. The highest BCUT2D eigenvalue weighted by Crippen LogP contribution is 2.39. The number of thiocarbonyl (C=S) groups is 1. The average Bonchev–Trinajstić information content (AvgIpc) is 3.57. The van der Waals surface area contributed by atoms with Gasteiger partial charge in [0.2, 0.25) is 5.91 Å². The molecule has 2 N–H and O–H groups in total. The van der Waals surface area contributed by atoms with Gasteiger partial charge in [-0.15, -0.1) is 0 Å². The third-order valence-electron chi connectivity index (χ3n) is 6.88. The van der Waals surface area contributed by atoms with Crippen molar-refractivity contribution in [2.75, 3.05) is 19.0 Å². The Kier molecular flexibility index (Phi) is 7.70. The zero-order valence-electron chi connectivity index (χ0n) is 21.5. The van der Waals surface area contributed by atoms with Gasteiger partial charge >= 0.3 is 0 Å². The number of hydrogen-bond donors (Lipinski definition) is 2. The summed E-state index contributed by atoms with van der Waals surface area (Å²) in [6, 6.07) is 25.6. The highest BCUT2D eigenvalue weighted by molar-refractivity contribution is 7.80. The van der Waals surface area contributed by atoms with Gasteiger partial charge in [0, 0.05) is 42.4 Å². The van der Waals surface area contributed by atoms with Crippen LogP contribution in [-0.2, 0) is 11.2 Å². The van der Waals surface area contributed by atoms with Crippen LogP contribution in [-0.4, -0.2) is 39.1 Å². The minimum absolute atomic E-state index is 0.0423. The first-order valence-electron chi connectivity index (χ1n) is 12.8. The molecule has 4 aromatic rings. The van der Waals surface area contributed by atoms with Gasteiger partial charge in [0.25, 0.3) is 0 Å². The lowest BCUT2D eigenvalue weighted by Crippen LogP contribution is -2.33. The SMILES string of the molecule is CCc1ccccc1NC(=O)CCN1C(=S)N[C@@H](c2ccccn2)[C@@H]1c1cccn1-c1ccc(OC)cc1. The molecular formula is C30H31N5O2S. The Morgan fingerprint density at radius 2 is 1.84 bits per heavy atom. The summed E-state index contributed by atoms with van der Waals surface area (Å²) in [7, 11) is 1.66. The second-order valence-electron chi connectivity index (χ2n) is 9.13. The van der Waals surface area contributed by atoms with E-state index in [1.165, 1.54) is 0 Å². The second kappa shape index (κ2) is 11.5. The molecule has 5 rings (SSSR count). The average molecular weight is 526 g/mol. The number of carbonyl (C=O) groups excluding carboxylic acids is 1. The number of pyridine rings is 1. The molecule has 1 saturated heterocycles. The Bertz CT molecular complexity index is 1400. The van der Waals surface area contributed by atoms with E-state index in [0.29, 0.717) is 18.1 Å². The van der Waals surface area contributed by atoms with E-state index in [1.807, 2.05) is 79.0 Å². The van der Waals surface area contributed by atoms with Crippen molar-refractivity contribution in [3.8, 4) is 11.4 Å². The normalized spacial score (nSPS) is 16.8. The van der Waals surface area contributed by atoms with Crippen LogP contribution in [0.25, 0.3) is 5.69 Å². The summed E-state index contributed by atoms with van der Waals surface area (Å²) in [4.78, 5) is 19.7. The molecular weight excluding hydrogens is 494 g/mol. The maximum absolute atomic E-state index is 13.0. The number of aryl methyl sites for hydroxylation is 1. The van der Waals surface area contributed by atoms with Crippen molar-refractivity contribution in [2.45, 2.75) is 31.8 Å². The van der Waals surface area contributed by atoms with E-state index in [2.05, 4.69) is 38.1 Å². The fraction of sp³-hybridized carbons (Fsp3) is 0.233. The monoisotopic (exact) mass is 525 g/mol. The molecule has 0 radical (unpaired) electrons. The Labute approximate surface area is 228 Å². The Morgan fingerprint density at radius 3 is 2.58 bits per heavy atom. The molecule has 1 amide bonds. The van der Waals surface area contributed by atoms with Crippen LogP contribution in [0.15, 0.2) is 91.3 Å². The van der Waals surface area contributed by atoms with Gasteiger partial charge in [-0.3, -0.25) is 9.78 Å². The summed E-state index contributed by atoms with van der Waals surface area (Å²) in [6.45, 7) is 2.55. The van der Waals surface area contributed by atoms with E-state index >= 15 is 0 Å². The van der Waals surface area contributed by atoms with Crippen LogP contribution in [0.3, 0.4) is 0 Å². The van der Waals surface area contributed by atoms with Gasteiger partial charge in [-0.2, -0.15) is 0 Å². The van der Waals surface area contributed by atoms with Gasteiger partial charge in [0.15, 0.2) is 5.11 Å². The van der Waals surface area contributed by atoms with Crippen molar-refractivity contribution in [3.05, 3.63) is 108 Å². The first kappa shape index (κ1) is 25.5. The molecule has 2 atom stereocenters. The van der Waals surface area contributed by atoms with Crippen molar-refractivity contribution in [1.29, 1.82) is 0 Å². The molecule has 2 aromatic carbocycles. The number of carbonyl (C=O) groups is 1. The van der Waals surface area contributed by atoms with E-state index in [-0.39, 0.29) is 18.0 Å². The van der Waals surface area contributed by atoms with E-state index in [4.69, 9.17) is 17.0 Å². The van der Waals surface area contributed by atoms with Crippen molar-refractivity contribution in [1.82, 2.24) is 19.8 Å². The third kappa shape index (κ3) is 5.26. The number of benzene rings is 2. The Hall–Kier alpha value is -4.17. The maximum atomic E-state index is 13.0. The van der Waals surface area contributed by atoms with Crippen molar-refractivity contribution < 1.29 is 9.53 Å². The number of anilines is 1. The number of nitrogens with one attached hydrogen (secondary N) is 2. The molecule has 38 heavy (non-hydrogen) atoms. The van der Waals surface area contributed by atoms with Crippen molar-refractivity contribution in [3.63, 3.8) is 0 Å². The summed E-state index contributed by atoms with van der Waals surface area (Å²) in [6.07, 6.45) is 4.99. The predicted octanol–water partition coefficient (Wildman–Crippen LogP) is 5.44. The molecule has 8 heteroatoms. The molecule has 7 nitrogen and oxygen atoms in total. The van der Waals surface area contributed by atoms with Crippen LogP contribution in [0.1, 0.15) is 42.4 Å². The molecule has 0 unspecified atom stereocenters. The molecule has 0 spiro atoms. The molecule has 0 bridgehead atoms. The van der Waals surface area contributed by atoms with Crippen molar-refractivity contribution >= 4 is 28.9 Å². The van der Waals surface area contributed by atoms with Crippen LogP contribution >= 0.6 is 12.2 Å². The summed E-state index contributed by atoms with van der Waals surface area (Å²) in [5.41, 5.74) is 4.93. The van der Waals surface area contributed by atoms with Crippen LogP contribution in [0, 0.1) is 0 Å². The molecule has 0 saturated carbocycles. The van der Waals surface area contributed by atoms with Crippen LogP contribution in [0.2, 0.25) is 0 Å². The summed E-state index contributed by atoms with van der Waals surface area (Å²) in [5, 5.41) is 7.17. The Morgan fingerprint density at radius 1 is 1.05 bits per heavy atom. The molecule has 194 valence electrons.